The molecule has 0 aromatic rings. The average molecular weight is 618 g/mol. The Morgan fingerprint density at radius 1 is 0.585 bits per heavy atom. The maximum atomic E-state index is 9.98. The fourth-order valence-corrected chi connectivity index (χ4v) is 4.25. The van der Waals surface area contributed by atoms with E-state index < -0.39 is 36.5 Å². The van der Waals surface area contributed by atoms with E-state index in [9.17, 15) is 20.4 Å². The molecule has 4 N–H and O–H groups in total. The molecule has 0 bridgehead atoms. The number of rotatable bonds is 29. The van der Waals surface area contributed by atoms with E-state index in [-0.39, 0.29) is 0 Å². The van der Waals surface area contributed by atoms with Gasteiger partial charge in [0.25, 0.3) is 0 Å². The van der Waals surface area contributed by atoms with Gasteiger partial charge in [-0.3, -0.25) is 0 Å². The Morgan fingerprint density at radius 2 is 0.976 bits per heavy atom. The second-order valence-electron chi connectivity index (χ2n) is 8.42. The second kappa shape index (κ2) is 27.9. The molecule has 0 radical (unpaired) electrons. The van der Waals surface area contributed by atoms with Crippen LogP contribution in [0.3, 0.4) is 0 Å². The Kier molecular flexibility index (Phi) is 26.0. The summed E-state index contributed by atoms with van der Waals surface area (Å²) in [5.74, 6) is 0.501. The lowest BCUT2D eigenvalue weighted by molar-refractivity contribution is -0.205. The van der Waals surface area contributed by atoms with E-state index in [1.807, 2.05) is 0 Å². The standard InChI is InChI=1S/C24H47N3O13S/c25-27-26-1-2-32-3-4-33-5-6-34-7-8-35-9-10-36-11-12-37-13-14-38-15-16-39-17-18-41-24-23(31)22(30)21(29)20(19-28)40-24/h20-24,28-31H,1-19H2/t20-,21-,22+,23+,24-/m1/s1. The molecule has 1 heterocycles. The second-order valence-corrected chi connectivity index (χ2v) is 9.63. The normalized spacial score (nSPS) is 22.6. The predicted molar refractivity (Wildman–Crippen MR) is 147 cm³/mol. The summed E-state index contributed by atoms with van der Waals surface area (Å²) in [6.07, 6.45) is -4.87. The van der Waals surface area contributed by atoms with E-state index in [0.29, 0.717) is 118 Å². The van der Waals surface area contributed by atoms with Gasteiger partial charge in [0.15, 0.2) is 0 Å². The van der Waals surface area contributed by atoms with Crippen molar-refractivity contribution in [3.63, 3.8) is 0 Å². The van der Waals surface area contributed by atoms with Gasteiger partial charge in [0.2, 0.25) is 0 Å². The van der Waals surface area contributed by atoms with E-state index in [1.54, 1.807) is 0 Å². The van der Waals surface area contributed by atoms with E-state index >= 15 is 0 Å². The van der Waals surface area contributed by atoms with Crippen molar-refractivity contribution in [1.29, 1.82) is 0 Å². The van der Waals surface area contributed by atoms with Gasteiger partial charge in [-0.15, -0.1) is 11.8 Å². The quantitative estimate of drug-likeness (QED) is 0.0342. The lowest BCUT2D eigenvalue weighted by atomic mass is 10.0. The van der Waals surface area contributed by atoms with Crippen LogP contribution in [-0.4, -0.2) is 175 Å². The molecule has 0 spiro atoms. The van der Waals surface area contributed by atoms with E-state index in [2.05, 4.69) is 10.0 Å². The highest BCUT2D eigenvalue weighted by Crippen LogP contribution is 2.28. The number of thioether (sulfide) groups is 1. The summed E-state index contributed by atoms with van der Waals surface area (Å²) in [5, 5.41) is 42.1. The summed E-state index contributed by atoms with van der Waals surface area (Å²) in [4.78, 5) is 2.63. The summed E-state index contributed by atoms with van der Waals surface area (Å²) in [7, 11) is 0. The Morgan fingerprint density at radius 3 is 1.37 bits per heavy atom. The number of ether oxygens (including phenoxy) is 9. The first-order chi connectivity index (χ1) is 20.1. The van der Waals surface area contributed by atoms with Crippen LogP contribution in [0.2, 0.25) is 0 Å². The molecule has 41 heavy (non-hydrogen) atoms. The molecule has 16 nitrogen and oxygen atoms in total. The fourth-order valence-electron chi connectivity index (χ4n) is 3.22. The summed E-state index contributed by atoms with van der Waals surface area (Å²) < 4.78 is 48.5. The number of aliphatic hydroxyl groups excluding tert-OH is 4. The molecule has 1 aliphatic rings. The molecule has 1 rings (SSSR count). The molecular formula is C24H47N3O13S. The monoisotopic (exact) mass is 617 g/mol. The zero-order valence-electron chi connectivity index (χ0n) is 23.5. The molecule has 0 amide bonds. The van der Waals surface area contributed by atoms with Gasteiger partial charge >= 0.3 is 0 Å². The number of azide groups is 1. The van der Waals surface area contributed by atoms with Crippen molar-refractivity contribution in [1.82, 2.24) is 0 Å². The van der Waals surface area contributed by atoms with Gasteiger partial charge in [0, 0.05) is 17.2 Å². The van der Waals surface area contributed by atoms with E-state index in [4.69, 9.17) is 48.2 Å². The van der Waals surface area contributed by atoms with E-state index in [1.165, 1.54) is 11.8 Å². The first-order valence-corrected chi connectivity index (χ1v) is 14.7. The first kappa shape index (κ1) is 38.2. The fraction of sp³-hybridized carbons (Fsp3) is 1.00. The highest BCUT2D eigenvalue weighted by atomic mass is 32.2. The Balaban J connectivity index is 1.73. The molecule has 1 fully saturated rings. The van der Waals surface area contributed by atoms with E-state index in [0.717, 1.165) is 0 Å². The van der Waals surface area contributed by atoms with Gasteiger partial charge in [-0.1, -0.05) is 5.11 Å². The molecule has 0 unspecified atom stereocenters. The number of hydrogen-bond donors (Lipinski definition) is 4. The van der Waals surface area contributed by atoms with Gasteiger partial charge in [-0.2, -0.15) is 0 Å². The molecule has 1 saturated heterocycles. The predicted octanol–water partition coefficient (Wildman–Crippen LogP) is -1.04. The third kappa shape index (κ3) is 20.6. The highest BCUT2D eigenvalue weighted by molar-refractivity contribution is 7.99. The van der Waals surface area contributed by atoms with Crippen molar-refractivity contribution >= 4 is 11.8 Å². The third-order valence-electron chi connectivity index (χ3n) is 5.36. The summed E-state index contributed by atoms with van der Waals surface area (Å²) in [6.45, 7) is 6.98. The van der Waals surface area contributed by atoms with Crippen molar-refractivity contribution in [2.24, 2.45) is 5.11 Å². The van der Waals surface area contributed by atoms with Crippen LogP contribution in [0.5, 0.6) is 0 Å². The average Bonchev–Trinajstić information content (AvgIpc) is 2.98. The van der Waals surface area contributed by atoms with Gasteiger partial charge < -0.3 is 63.1 Å². The molecule has 0 aliphatic carbocycles. The largest absolute Gasteiger partial charge is 0.394 e. The van der Waals surface area contributed by atoms with Crippen LogP contribution >= 0.6 is 11.8 Å². The number of hydrogen-bond acceptors (Lipinski definition) is 15. The van der Waals surface area contributed by atoms with Crippen LogP contribution in [0.15, 0.2) is 5.11 Å². The van der Waals surface area contributed by atoms with Crippen LogP contribution in [0.25, 0.3) is 10.4 Å². The minimum atomic E-state index is -1.37. The molecule has 242 valence electrons. The molecule has 0 aromatic carbocycles. The van der Waals surface area contributed by atoms with Crippen molar-refractivity contribution in [2.45, 2.75) is 29.9 Å². The summed E-state index contributed by atoms with van der Waals surface area (Å²) >= 11 is 1.24. The summed E-state index contributed by atoms with van der Waals surface area (Å²) in [6, 6.07) is 0. The lowest BCUT2D eigenvalue weighted by Gasteiger charge is -2.39. The molecule has 0 saturated carbocycles. The number of aliphatic hydroxyl groups is 4. The Labute approximate surface area is 245 Å². The zero-order chi connectivity index (χ0) is 29.8. The van der Waals surface area contributed by atoms with Crippen LogP contribution < -0.4 is 0 Å². The van der Waals surface area contributed by atoms with Crippen molar-refractivity contribution in [3.05, 3.63) is 10.4 Å². The molecule has 1 aliphatic heterocycles. The number of nitrogens with zero attached hydrogens (tertiary/aromatic N) is 3. The van der Waals surface area contributed by atoms with Gasteiger partial charge in [-0.25, -0.2) is 0 Å². The van der Waals surface area contributed by atoms with Gasteiger partial charge in [0.1, 0.15) is 29.9 Å². The molecular weight excluding hydrogens is 570 g/mol. The minimum Gasteiger partial charge on any atom is -0.394 e. The van der Waals surface area contributed by atoms with Crippen molar-refractivity contribution in [2.75, 3.05) is 125 Å². The van der Waals surface area contributed by atoms with Crippen LogP contribution in [0, 0.1) is 0 Å². The third-order valence-corrected chi connectivity index (χ3v) is 6.48. The van der Waals surface area contributed by atoms with Gasteiger partial charge in [-0.05, 0) is 5.53 Å². The smallest absolute Gasteiger partial charge is 0.132 e. The SMILES string of the molecule is [N-]=[N+]=NCCOCCOCCOCCOCCOCCOCCOCCOCCS[C@H]1O[C@H](CO)[C@@H](O)[C@H](O)[C@@H]1O. The van der Waals surface area contributed by atoms with Crippen LogP contribution in [0.4, 0.5) is 0 Å². The Hall–Kier alpha value is -0.860. The van der Waals surface area contributed by atoms with Crippen LogP contribution in [0.1, 0.15) is 0 Å². The Bertz CT molecular complexity index is 638. The van der Waals surface area contributed by atoms with Crippen molar-refractivity contribution < 1.29 is 63.1 Å². The van der Waals surface area contributed by atoms with Crippen molar-refractivity contribution in [3.8, 4) is 0 Å². The van der Waals surface area contributed by atoms with Crippen LogP contribution in [-0.2, 0) is 42.6 Å². The molecule has 0 aromatic heterocycles. The maximum Gasteiger partial charge on any atom is 0.132 e. The topological polar surface area (TPSA) is 213 Å². The minimum absolute atomic E-state index is 0.317. The first-order valence-electron chi connectivity index (χ1n) is 13.7. The zero-order valence-corrected chi connectivity index (χ0v) is 24.4. The molecule has 17 heteroatoms. The molecule has 5 atom stereocenters. The maximum absolute atomic E-state index is 9.98. The van der Waals surface area contributed by atoms with Gasteiger partial charge in [0.05, 0.1) is 112 Å². The highest BCUT2D eigenvalue weighted by Gasteiger charge is 2.43. The summed E-state index contributed by atoms with van der Waals surface area (Å²) in [5.41, 5.74) is 7.37. The lowest BCUT2D eigenvalue weighted by Crippen LogP contribution is -2.57.